The van der Waals surface area contributed by atoms with E-state index >= 15 is 0 Å². The van der Waals surface area contributed by atoms with E-state index in [2.05, 4.69) is 5.32 Å². The lowest BCUT2D eigenvalue weighted by atomic mass is 10.1. The van der Waals surface area contributed by atoms with Crippen LogP contribution >= 0.6 is 0 Å². The van der Waals surface area contributed by atoms with Crippen LogP contribution in [-0.2, 0) is 4.79 Å². The monoisotopic (exact) mass is 173 g/mol. The lowest BCUT2D eigenvalue weighted by Crippen LogP contribution is -2.36. The largest absolute Gasteiger partial charge is 0.395 e. The summed E-state index contributed by atoms with van der Waals surface area (Å²) in [4.78, 5) is 11.2. The third-order valence-corrected chi connectivity index (χ3v) is 2.23. The van der Waals surface area contributed by atoms with Gasteiger partial charge >= 0.3 is 0 Å². The summed E-state index contributed by atoms with van der Waals surface area (Å²) in [5, 5.41) is 20.3. The van der Waals surface area contributed by atoms with Crippen LogP contribution in [0.3, 0.4) is 0 Å². The highest BCUT2D eigenvalue weighted by atomic mass is 16.3. The molecule has 0 aromatic carbocycles. The van der Waals surface area contributed by atoms with Gasteiger partial charge in [0.05, 0.1) is 18.6 Å². The van der Waals surface area contributed by atoms with Crippen LogP contribution in [0.15, 0.2) is 0 Å². The van der Waals surface area contributed by atoms with E-state index in [1.807, 2.05) is 0 Å². The molecule has 0 spiro atoms. The first-order chi connectivity index (χ1) is 5.75. The molecule has 70 valence electrons. The Morgan fingerprint density at radius 3 is 2.75 bits per heavy atom. The molecular formula is C8H15NO3. The van der Waals surface area contributed by atoms with Crippen molar-refractivity contribution in [3.05, 3.63) is 0 Å². The minimum atomic E-state index is -0.483. The van der Waals surface area contributed by atoms with Crippen molar-refractivity contribution in [2.45, 2.75) is 25.4 Å². The Kier molecular flexibility index (Phi) is 3.49. The number of carbonyl (C=O) groups excluding carboxylic acids is 1. The molecule has 0 saturated heterocycles. The fourth-order valence-corrected chi connectivity index (χ4v) is 1.56. The predicted octanol–water partition coefficient (Wildman–Crippen LogP) is -0.744. The number of rotatable bonds is 3. The fraction of sp³-hybridized carbons (Fsp3) is 0.875. The molecule has 1 saturated carbocycles. The summed E-state index contributed by atoms with van der Waals surface area (Å²) >= 11 is 0. The topological polar surface area (TPSA) is 69.6 Å². The van der Waals surface area contributed by atoms with Crippen molar-refractivity contribution in [3.8, 4) is 0 Å². The van der Waals surface area contributed by atoms with E-state index in [9.17, 15) is 9.90 Å². The van der Waals surface area contributed by atoms with Crippen molar-refractivity contribution >= 4 is 5.91 Å². The van der Waals surface area contributed by atoms with Gasteiger partial charge in [0.1, 0.15) is 0 Å². The second-order valence-electron chi connectivity index (χ2n) is 3.12. The van der Waals surface area contributed by atoms with Gasteiger partial charge in [0, 0.05) is 6.54 Å². The average Bonchev–Trinajstić information content (AvgIpc) is 2.47. The molecule has 0 aromatic heterocycles. The molecule has 1 aliphatic carbocycles. The number of hydrogen-bond acceptors (Lipinski definition) is 3. The van der Waals surface area contributed by atoms with Crippen LogP contribution in [-0.4, -0.2) is 35.4 Å². The van der Waals surface area contributed by atoms with Gasteiger partial charge in [0.2, 0.25) is 5.91 Å². The van der Waals surface area contributed by atoms with Gasteiger partial charge < -0.3 is 15.5 Å². The van der Waals surface area contributed by atoms with Crippen molar-refractivity contribution in [1.82, 2.24) is 5.32 Å². The molecular weight excluding hydrogens is 158 g/mol. The quantitative estimate of drug-likeness (QED) is 0.526. The number of aliphatic hydroxyl groups is 2. The summed E-state index contributed by atoms with van der Waals surface area (Å²) in [6, 6.07) is 0. The van der Waals surface area contributed by atoms with Gasteiger partial charge in [-0.05, 0) is 19.3 Å². The molecule has 0 aliphatic heterocycles. The van der Waals surface area contributed by atoms with Crippen LogP contribution in [0, 0.1) is 5.92 Å². The SMILES string of the molecule is O=C(NCCO)C1CCCC1O. The standard InChI is InChI=1S/C8H15NO3/c10-5-4-9-8(12)6-2-1-3-7(6)11/h6-7,10-11H,1-5H2,(H,9,12). The molecule has 1 fully saturated rings. The Bertz CT molecular complexity index is 160. The Hall–Kier alpha value is -0.610. The number of nitrogens with one attached hydrogen (secondary N) is 1. The highest BCUT2D eigenvalue weighted by Gasteiger charge is 2.30. The fourth-order valence-electron chi connectivity index (χ4n) is 1.56. The second-order valence-corrected chi connectivity index (χ2v) is 3.12. The van der Waals surface area contributed by atoms with E-state index in [0.29, 0.717) is 0 Å². The van der Waals surface area contributed by atoms with E-state index in [4.69, 9.17) is 5.11 Å². The van der Waals surface area contributed by atoms with Crippen LogP contribution < -0.4 is 5.32 Å². The van der Waals surface area contributed by atoms with Crippen molar-refractivity contribution in [2.24, 2.45) is 5.92 Å². The van der Waals surface area contributed by atoms with Crippen LogP contribution in [0.1, 0.15) is 19.3 Å². The molecule has 0 bridgehead atoms. The Labute approximate surface area is 71.6 Å². The van der Waals surface area contributed by atoms with Gasteiger partial charge in [-0.15, -0.1) is 0 Å². The smallest absolute Gasteiger partial charge is 0.225 e. The highest BCUT2D eigenvalue weighted by molar-refractivity contribution is 5.79. The maximum Gasteiger partial charge on any atom is 0.225 e. The van der Waals surface area contributed by atoms with Crippen LogP contribution in [0.4, 0.5) is 0 Å². The summed E-state index contributed by atoms with van der Waals surface area (Å²) < 4.78 is 0. The lowest BCUT2D eigenvalue weighted by Gasteiger charge is -2.13. The molecule has 0 radical (unpaired) electrons. The van der Waals surface area contributed by atoms with Gasteiger partial charge in [-0.2, -0.15) is 0 Å². The molecule has 12 heavy (non-hydrogen) atoms. The second kappa shape index (κ2) is 4.42. The maximum atomic E-state index is 11.2. The van der Waals surface area contributed by atoms with Gasteiger partial charge in [-0.1, -0.05) is 0 Å². The highest BCUT2D eigenvalue weighted by Crippen LogP contribution is 2.25. The van der Waals surface area contributed by atoms with Crippen molar-refractivity contribution < 1.29 is 15.0 Å². The molecule has 4 nitrogen and oxygen atoms in total. The minimum Gasteiger partial charge on any atom is -0.395 e. The summed E-state index contributed by atoms with van der Waals surface area (Å²) in [5.74, 6) is -0.384. The molecule has 3 N–H and O–H groups in total. The van der Waals surface area contributed by atoms with Gasteiger partial charge in [0.25, 0.3) is 0 Å². The molecule has 2 unspecified atom stereocenters. The van der Waals surface area contributed by atoms with Gasteiger partial charge in [-0.25, -0.2) is 0 Å². The molecule has 0 aromatic rings. The molecule has 4 heteroatoms. The number of carbonyl (C=O) groups is 1. The summed E-state index contributed by atoms with van der Waals surface area (Å²) in [7, 11) is 0. The van der Waals surface area contributed by atoms with Crippen molar-refractivity contribution in [2.75, 3.05) is 13.2 Å². The normalized spacial score (nSPS) is 28.8. The van der Waals surface area contributed by atoms with Gasteiger partial charge in [0.15, 0.2) is 0 Å². The maximum absolute atomic E-state index is 11.2. The first-order valence-electron chi connectivity index (χ1n) is 4.32. The lowest BCUT2D eigenvalue weighted by molar-refractivity contribution is -0.127. The van der Waals surface area contributed by atoms with E-state index in [1.54, 1.807) is 0 Å². The molecule has 2 atom stereocenters. The Morgan fingerprint density at radius 1 is 1.50 bits per heavy atom. The van der Waals surface area contributed by atoms with E-state index in [-0.39, 0.29) is 25.0 Å². The molecule has 1 aliphatic rings. The van der Waals surface area contributed by atoms with E-state index in [1.165, 1.54) is 0 Å². The average molecular weight is 173 g/mol. The first kappa shape index (κ1) is 9.48. The molecule has 0 heterocycles. The summed E-state index contributed by atoms with van der Waals surface area (Å²) in [6.07, 6.45) is 1.91. The van der Waals surface area contributed by atoms with Crippen LogP contribution in [0.2, 0.25) is 0 Å². The zero-order chi connectivity index (χ0) is 8.97. The van der Waals surface area contributed by atoms with Crippen LogP contribution in [0.25, 0.3) is 0 Å². The first-order valence-corrected chi connectivity index (χ1v) is 4.32. The summed E-state index contributed by atoms with van der Waals surface area (Å²) in [5.41, 5.74) is 0. The third-order valence-electron chi connectivity index (χ3n) is 2.23. The minimum absolute atomic E-state index is 0.0471. The van der Waals surface area contributed by atoms with Crippen LogP contribution in [0.5, 0.6) is 0 Å². The summed E-state index contributed by atoms with van der Waals surface area (Å²) in [6.45, 7) is 0.233. The van der Waals surface area contributed by atoms with E-state index < -0.39 is 6.10 Å². The molecule has 1 rings (SSSR count). The Balaban J connectivity index is 2.30. The number of amides is 1. The zero-order valence-electron chi connectivity index (χ0n) is 6.99. The van der Waals surface area contributed by atoms with Gasteiger partial charge in [-0.3, -0.25) is 4.79 Å². The predicted molar refractivity (Wildman–Crippen MR) is 43.4 cm³/mol. The zero-order valence-corrected chi connectivity index (χ0v) is 6.99. The Morgan fingerprint density at radius 2 is 2.25 bits per heavy atom. The van der Waals surface area contributed by atoms with Crippen molar-refractivity contribution in [1.29, 1.82) is 0 Å². The van der Waals surface area contributed by atoms with E-state index in [0.717, 1.165) is 19.3 Å². The van der Waals surface area contributed by atoms with Crippen molar-refractivity contribution in [3.63, 3.8) is 0 Å². The third kappa shape index (κ3) is 2.19. The number of aliphatic hydroxyl groups excluding tert-OH is 2. The molecule has 1 amide bonds. The number of hydrogen-bond donors (Lipinski definition) is 3.